The standard InChI is InChI=1S/C52H32N6S/c1-4-14-31(15-5-1)47-53-48(32-16-6-2-7-17-32)55-50(54-47)34-24-26-39-41(28-34)45-37-21-10-11-22-38(37)46(39)42-29-35(25-27-40(42)45)51-56-49(33-18-8-3-9-19-33)57-52(58-51)43-30-59-44-23-13-12-20-36(43)44/h1-30,45-46H. The third-order valence-corrected chi connectivity index (χ3v) is 12.6. The molecule has 276 valence electrons. The number of nitrogens with zero attached hydrogens (tertiary/aromatic N) is 6. The zero-order valence-corrected chi connectivity index (χ0v) is 32.4. The monoisotopic (exact) mass is 772 g/mol. The highest BCUT2D eigenvalue weighted by molar-refractivity contribution is 7.17. The van der Waals surface area contributed by atoms with Crippen LogP contribution in [-0.4, -0.2) is 29.9 Å². The zero-order valence-electron chi connectivity index (χ0n) is 31.6. The Morgan fingerprint density at radius 1 is 0.305 bits per heavy atom. The van der Waals surface area contributed by atoms with Crippen molar-refractivity contribution in [3.63, 3.8) is 0 Å². The van der Waals surface area contributed by atoms with Gasteiger partial charge in [-0.15, -0.1) is 11.3 Å². The highest BCUT2D eigenvalue weighted by atomic mass is 32.1. The molecule has 0 fully saturated rings. The summed E-state index contributed by atoms with van der Waals surface area (Å²) < 4.78 is 1.21. The van der Waals surface area contributed by atoms with Gasteiger partial charge in [0.15, 0.2) is 34.9 Å². The molecule has 2 atom stereocenters. The van der Waals surface area contributed by atoms with Crippen LogP contribution in [0, 0.1) is 0 Å². The van der Waals surface area contributed by atoms with Gasteiger partial charge in [-0.05, 0) is 51.6 Å². The van der Waals surface area contributed by atoms with Crippen molar-refractivity contribution < 1.29 is 0 Å². The molecule has 0 N–H and O–H groups in total. The lowest BCUT2D eigenvalue weighted by atomic mass is 9.61. The molecule has 3 aliphatic rings. The first kappa shape index (κ1) is 33.6. The lowest BCUT2D eigenvalue weighted by molar-refractivity contribution is 0.754. The largest absolute Gasteiger partial charge is 0.208 e. The van der Waals surface area contributed by atoms with Crippen LogP contribution in [0.2, 0.25) is 0 Å². The summed E-state index contributed by atoms with van der Waals surface area (Å²) in [6.07, 6.45) is 0. The van der Waals surface area contributed by atoms with Crippen molar-refractivity contribution in [3.8, 4) is 68.3 Å². The number of benzene rings is 7. The molecule has 7 aromatic carbocycles. The van der Waals surface area contributed by atoms with Gasteiger partial charge in [-0.3, -0.25) is 0 Å². The molecule has 6 nitrogen and oxygen atoms in total. The number of hydrogen-bond acceptors (Lipinski definition) is 7. The van der Waals surface area contributed by atoms with E-state index in [1.807, 2.05) is 78.9 Å². The molecule has 59 heavy (non-hydrogen) atoms. The first-order chi connectivity index (χ1) is 29.2. The molecule has 3 aromatic heterocycles. The Kier molecular flexibility index (Phi) is 7.74. The number of hydrogen-bond donors (Lipinski definition) is 0. The molecule has 0 saturated carbocycles. The van der Waals surface area contributed by atoms with Gasteiger partial charge in [0.1, 0.15) is 0 Å². The predicted octanol–water partition coefficient (Wildman–Crippen LogP) is 12.3. The van der Waals surface area contributed by atoms with Gasteiger partial charge in [0.25, 0.3) is 0 Å². The van der Waals surface area contributed by atoms with E-state index >= 15 is 0 Å². The van der Waals surface area contributed by atoms with Crippen molar-refractivity contribution in [2.75, 3.05) is 0 Å². The van der Waals surface area contributed by atoms with Gasteiger partial charge in [0, 0.05) is 60.7 Å². The molecule has 13 rings (SSSR count). The van der Waals surface area contributed by atoms with Crippen LogP contribution < -0.4 is 0 Å². The van der Waals surface area contributed by atoms with Crippen molar-refractivity contribution in [1.82, 2.24) is 29.9 Å². The average molecular weight is 773 g/mol. The minimum atomic E-state index is 0.0454. The fourth-order valence-electron chi connectivity index (χ4n) is 8.93. The molecule has 2 unspecified atom stereocenters. The predicted molar refractivity (Wildman–Crippen MR) is 236 cm³/mol. The zero-order chi connectivity index (χ0) is 38.9. The Bertz CT molecular complexity index is 3180. The lowest BCUT2D eigenvalue weighted by Crippen LogP contribution is -2.27. The average Bonchev–Trinajstić information content (AvgIpc) is 3.76. The summed E-state index contributed by atoms with van der Waals surface area (Å²) in [5.41, 5.74) is 13.7. The van der Waals surface area contributed by atoms with Gasteiger partial charge >= 0.3 is 0 Å². The van der Waals surface area contributed by atoms with Crippen LogP contribution in [0.1, 0.15) is 45.2 Å². The summed E-state index contributed by atoms with van der Waals surface area (Å²) in [5.74, 6) is 4.06. The Hall–Kier alpha value is -7.48. The smallest absolute Gasteiger partial charge is 0.165 e. The van der Waals surface area contributed by atoms with E-state index in [1.54, 1.807) is 11.3 Å². The molecule has 2 bridgehead atoms. The van der Waals surface area contributed by atoms with Crippen molar-refractivity contribution in [3.05, 3.63) is 215 Å². The number of rotatable bonds is 6. The summed E-state index contributed by atoms with van der Waals surface area (Å²) >= 11 is 1.71. The highest BCUT2D eigenvalue weighted by Crippen LogP contribution is 2.56. The van der Waals surface area contributed by atoms with E-state index in [4.69, 9.17) is 29.9 Å². The number of fused-ring (bicyclic) bond motifs is 1. The normalized spacial score (nSPS) is 14.8. The molecule has 0 aliphatic heterocycles. The fraction of sp³-hybridized carbons (Fsp3) is 0.0385. The van der Waals surface area contributed by atoms with Crippen molar-refractivity contribution >= 4 is 21.4 Å². The third kappa shape index (κ3) is 5.62. The molecular formula is C52H32N6S. The third-order valence-electron chi connectivity index (χ3n) is 11.6. The van der Waals surface area contributed by atoms with Gasteiger partial charge in [-0.1, -0.05) is 158 Å². The van der Waals surface area contributed by atoms with Crippen LogP contribution in [0.25, 0.3) is 78.4 Å². The first-order valence-corrected chi connectivity index (χ1v) is 20.6. The second kappa shape index (κ2) is 13.6. The Morgan fingerprint density at radius 3 is 1.15 bits per heavy atom. The number of thiophene rings is 1. The van der Waals surface area contributed by atoms with Gasteiger partial charge in [0.05, 0.1) is 0 Å². The molecule has 0 radical (unpaired) electrons. The van der Waals surface area contributed by atoms with Crippen LogP contribution in [-0.2, 0) is 0 Å². The van der Waals surface area contributed by atoms with Gasteiger partial charge < -0.3 is 0 Å². The van der Waals surface area contributed by atoms with E-state index in [2.05, 4.69) is 102 Å². The maximum Gasteiger partial charge on any atom is 0.165 e. The highest BCUT2D eigenvalue weighted by Gasteiger charge is 2.41. The fourth-order valence-corrected chi connectivity index (χ4v) is 9.87. The van der Waals surface area contributed by atoms with Crippen LogP contribution in [0.5, 0.6) is 0 Å². The maximum atomic E-state index is 5.19. The molecule has 0 saturated heterocycles. The minimum Gasteiger partial charge on any atom is -0.208 e. The molecule has 3 heterocycles. The van der Waals surface area contributed by atoms with Gasteiger partial charge in [0.2, 0.25) is 0 Å². The quantitative estimate of drug-likeness (QED) is 0.167. The van der Waals surface area contributed by atoms with Crippen LogP contribution >= 0.6 is 11.3 Å². The van der Waals surface area contributed by atoms with E-state index < -0.39 is 0 Å². The number of aromatic nitrogens is 6. The second-order valence-electron chi connectivity index (χ2n) is 15.0. The molecule has 3 aliphatic carbocycles. The maximum absolute atomic E-state index is 5.19. The Labute approximate surface area is 344 Å². The van der Waals surface area contributed by atoms with E-state index in [0.29, 0.717) is 34.9 Å². The summed E-state index contributed by atoms with van der Waals surface area (Å²) in [4.78, 5) is 30.5. The SMILES string of the molecule is c1ccc(-c2nc(-c3ccccc3)nc(-c3ccc4c(c3)C3c5ccccc5C4c4cc(-c5nc(-c6ccccc6)nc(-c6csc7ccccc67)n5)ccc43)n2)cc1. The van der Waals surface area contributed by atoms with Crippen LogP contribution in [0.15, 0.2) is 181 Å². The summed E-state index contributed by atoms with van der Waals surface area (Å²) in [7, 11) is 0. The second-order valence-corrected chi connectivity index (χ2v) is 15.9. The van der Waals surface area contributed by atoms with Crippen molar-refractivity contribution in [1.29, 1.82) is 0 Å². The van der Waals surface area contributed by atoms with Gasteiger partial charge in [-0.2, -0.15) is 0 Å². The lowest BCUT2D eigenvalue weighted by Gasteiger charge is -2.42. The van der Waals surface area contributed by atoms with Crippen LogP contribution in [0.3, 0.4) is 0 Å². The minimum absolute atomic E-state index is 0.0454. The Balaban J connectivity index is 0.996. The van der Waals surface area contributed by atoms with Crippen molar-refractivity contribution in [2.45, 2.75) is 11.8 Å². The summed E-state index contributed by atoms with van der Waals surface area (Å²) in [5, 5.41) is 3.31. The molecule has 10 aromatic rings. The summed E-state index contributed by atoms with van der Waals surface area (Å²) in [6, 6.07) is 61.4. The molecule has 7 heteroatoms. The van der Waals surface area contributed by atoms with Gasteiger partial charge in [-0.25, -0.2) is 29.9 Å². The van der Waals surface area contributed by atoms with E-state index in [9.17, 15) is 0 Å². The molecule has 0 amide bonds. The topological polar surface area (TPSA) is 77.3 Å². The van der Waals surface area contributed by atoms with E-state index in [-0.39, 0.29) is 11.8 Å². The molecule has 0 spiro atoms. The first-order valence-electron chi connectivity index (χ1n) is 19.8. The van der Waals surface area contributed by atoms with Crippen molar-refractivity contribution in [2.24, 2.45) is 0 Å². The van der Waals surface area contributed by atoms with E-state index in [0.717, 1.165) is 38.8 Å². The Morgan fingerprint density at radius 2 is 0.678 bits per heavy atom. The summed E-state index contributed by atoms with van der Waals surface area (Å²) in [6.45, 7) is 0. The molecular weight excluding hydrogens is 741 g/mol. The van der Waals surface area contributed by atoms with Crippen LogP contribution in [0.4, 0.5) is 0 Å². The van der Waals surface area contributed by atoms with E-state index in [1.165, 1.54) is 38.1 Å².